The van der Waals surface area contributed by atoms with Crippen LogP contribution in [0.15, 0.2) is 18.2 Å². The first-order valence-electron chi connectivity index (χ1n) is 4.25. The van der Waals surface area contributed by atoms with Gasteiger partial charge in [-0.25, -0.2) is 4.79 Å². The molecule has 0 heterocycles. The smallest absolute Gasteiger partial charge is 0.342 e. The van der Waals surface area contributed by atoms with E-state index in [-0.39, 0.29) is 24.5 Å². The molecule has 0 atom stereocenters. The minimum Gasteiger partial charge on any atom is -0.507 e. The monoisotopic (exact) mass is 206 g/mol. The molecule has 3 N–H and O–H groups in total. The molecule has 0 bridgehead atoms. The number of ether oxygens (including phenoxy) is 1. The average Bonchev–Trinajstić information content (AvgIpc) is 2.26. The number of para-hydroxylation sites is 1. The number of carbonyl (C=O) groups is 1. The van der Waals surface area contributed by atoms with Crippen LogP contribution in [0.5, 0.6) is 5.75 Å². The second-order valence-electron chi connectivity index (χ2n) is 2.75. The maximum atomic E-state index is 11.3. The minimum atomic E-state index is -0.732. The van der Waals surface area contributed by atoms with Crippen molar-refractivity contribution in [3.05, 3.63) is 29.3 Å². The van der Waals surface area contributed by atoms with Gasteiger partial charge in [0.15, 0.2) is 6.61 Å². The molecule has 0 aliphatic carbocycles. The molecule has 0 fully saturated rings. The topological polar surface area (TPSA) is 96.3 Å². The van der Waals surface area contributed by atoms with Crippen LogP contribution in [-0.4, -0.2) is 17.7 Å². The molecule has 1 rings (SSSR count). The zero-order chi connectivity index (χ0) is 11.3. The van der Waals surface area contributed by atoms with E-state index in [1.54, 1.807) is 18.2 Å². The van der Waals surface area contributed by atoms with E-state index in [0.717, 1.165) is 0 Å². The number of nitrogens with two attached hydrogens (primary N) is 1. The second kappa shape index (κ2) is 4.98. The van der Waals surface area contributed by atoms with E-state index in [0.29, 0.717) is 5.56 Å². The molecule has 0 radical (unpaired) electrons. The molecule has 78 valence electrons. The summed E-state index contributed by atoms with van der Waals surface area (Å²) in [5, 5.41) is 17.8. The van der Waals surface area contributed by atoms with E-state index in [9.17, 15) is 9.90 Å². The number of hydrogen-bond donors (Lipinski definition) is 2. The number of benzene rings is 1. The van der Waals surface area contributed by atoms with Gasteiger partial charge in [-0.05, 0) is 6.07 Å². The van der Waals surface area contributed by atoms with Crippen LogP contribution in [0, 0.1) is 11.3 Å². The van der Waals surface area contributed by atoms with Crippen molar-refractivity contribution in [2.45, 2.75) is 6.54 Å². The fourth-order valence-corrected chi connectivity index (χ4v) is 1.10. The standard InChI is InChI=1S/C10H10N2O3/c11-4-5-15-10(14)8-3-1-2-7(6-12)9(8)13/h1-3,13H,5-6,12H2. The lowest BCUT2D eigenvalue weighted by molar-refractivity contribution is 0.0551. The summed E-state index contributed by atoms with van der Waals surface area (Å²) in [6, 6.07) is 6.27. The predicted molar refractivity (Wildman–Crippen MR) is 51.9 cm³/mol. The van der Waals surface area contributed by atoms with Gasteiger partial charge >= 0.3 is 5.97 Å². The highest BCUT2D eigenvalue weighted by atomic mass is 16.5. The van der Waals surface area contributed by atoms with Crippen molar-refractivity contribution in [2.75, 3.05) is 6.61 Å². The summed E-state index contributed by atoms with van der Waals surface area (Å²) in [4.78, 5) is 11.3. The number of aromatic hydroxyl groups is 1. The fourth-order valence-electron chi connectivity index (χ4n) is 1.10. The Balaban J connectivity index is 2.95. The quantitative estimate of drug-likeness (QED) is 0.703. The van der Waals surface area contributed by atoms with Gasteiger partial charge in [0.1, 0.15) is 17.4 Å². The Morgan fingerprint density at radius 1 is 1.60 bits per heavy atom. The van der Waals surface area contributed by atoms with Crippen LogP contribution in [0.3, 0.4) is 0 Å². The van der Waals surface area contributed by atoms with Crippen molar-refractivity contribution >= 4 is 5.97 Å². The lowest BCUT2D eigenvalue weighted by Crippen LogP contribution is -2.07. The van der Waals surface area contributed by atoms with Gasteiger partial charge in [0.25, 0.3) is 0 Å². The summed E-state index contributed by atoms with van der Waals surface area (Å²) in [5.74, 6) is -0.924. The number of esters is 1. The first kappa shape index (κ1) is 11.0. The zero-order valence-electron chi connectivity index (χ0n) is 7.93. The van der Waals surface area contributed by atoms with E-state index in [1.165, 1.54) is 6.07 Å². The summed E-state index contributed by atoms with van der Waals surface area (Å²) in [6.07, 6.45) is 0. The van der Waals surface area contributed by atoms with E-state index in [1.807, 2.05) is 0 Å². The van der Waals surface area contributed by atoms with Crippen LogP contribution in [0.1, 0.15) is 15.9 Å². The number of carbonyl (C=O) groups excluding carboxylic acids is 1. The Morgan fingerprint density at radius 2 is 2.33 bits per heavy atom. The van der Waals surface area contributed by atoms with E-state index >= 15 is 0 Å². The van der Waals surface area contributed by atoms with E-state index < -0.39 is 5.97 Å². The van der Waals surface area contributed by atoms with Gasteiger partial charge in [-0.2, -0.15) is 5.26 Å². The van der Waals surface area contributed by atoms with Gasteiger partial charge < -0.3 is 15.6 Å². The molecule has 5 heteroatoms. The summed E-state index contributed by atoms with van der Waals surface area (Å²) >= 11 is 0. The van der Waals surface area contributed by atoms with Gasteiger partial charge in [0.05, 0.1) is 0 Å². The fraction of sp³-hybridized carbons (Fsp3) is 0.200. The molecular formula is C10H10N2O3. The number of rotatable bonds is 3. The van der Waals surface area contributed by atoms with Crippen LogP contribution in [0.2, 0.25) is 0 Å². The van der Waals surface area contributed by atoms with Gasteiger partial charge in [-0.3, -0.25) is 0 Å². The Kier molecular flexibility index (Phi) is 3.66. The van der Waals surface area contributed by atoms with Crippen LogP contribution >= 0.6 is 0 Å². The van der Waals surface area contributed by atoms with Crippen LogP contribution in [0.4, 0.5) is 0 Å². The lowest BCUT2D eigenvalue weighted by atomic mass is 10.1. The third kappa shape index (κ3) is 2.45. The average molecular weight is 206 g/mol. The molecule has 0 aliphatic rings. The Bertz CT molecular complexity index is 410. The predicted octanol–water partition coefficient (Wildman–Crippen LogP) is 0.531. The maximum Gasteiger partial charge on any atom is 0.342 e. The summed E-state index contributed by atoms with van der Waals surface area (Å²) in [5.41, 5.74) is 5.84. The molecule has 5 nitrogen and oxygen atoms in total. The lowest BCUT2D eigenvalue weighted by Gasteiger charge is -2.06. The van der Waals surface area contributed by atoms with Gasteiger partial charge in [0.2, 0.25) is 0 Å². The second-order valence-corrected chi connectivity index (χ2v) is 2.75. The highest BCUT2D eigenvalue weighted by Crippen LogP contribution is 2.22. The third-order valence-corrected chi connectivity index (χ3v) is 1.83. The van der Waals surface area contributed by atoms with Crippen molar-refractivity contribution in [3.63, 3.8) is 0 Å². The normalized spacial score (nSPS) is 9.33. The molecule has 1 aromatic carbocycles. The van der Waals surface area contributed by atoms with E-state index in [2.05, 4.69) is 4.74 Å². The van der Waals surface area contributed by atoms with Gasteiger partial charge in [0, 0.05) is 12.1 Å². The molecule has 0 unspecified atom stereocenters. The molecular weight excluding hydrogens is 196 g/mol. The number of nitrogens with zero attached hydrogens (tertiary/aromatic N) is 1. The molecule has 15 heavy (non-hydrogen) atoms. The third-order valence-electron chi connectivity index (χ3n) is 1.83. The van der Waals surface area contributed by atoms with E-state index in [4.69, 9.17) is 11.0 Å². The highest BCUT2D eigenvalue weighted by molar-refractivity contribution is 5.92. The molecule has 0 spiro atoms. The Labute approximate surface area is 86.7 Å². The molecule has 0 aliphatic heterocycles. The number of phenolic OH excluding ortho intramolecular Hbond substituents is 1. The zero-order valence-corrected chi connectivity index (χ0v) is 7.93. The SMILES string of the molecule is N#CCOC(=O)c1cccc(CN)c1O. The first-order chi connectivity index (χ1) is 7.20. The van der Waals surface area contributed by atoms with Crippen molar-refractivity contribution in [1.29, 1.82) is 5.26 Å². The first-order valence-corrected chi connectivity index (χ1v) is 4.25. The largest absolute Gasteiger partial charge is 0.507 e. The molecule has 0 aromatic heterocycles. The summed E-state index contributed by atoms with van der Waals surface area (Å²) in [7, 11) is 0. The Hall–Kier alpha value is -2.06. The van der Waals surface area contributed by atoms with Crippen molar-refractivity contribution in [2.24, 2.45) is 5.73 Å². The summed E-state index contributed by atoms with van der Waals surface area (Å²) < 4.78 is 4.56. The van der Waals surface area contributed by atoms with Crippen LogP contribution in [0.25, 0.3) is 0 Å². The number of phenols is 1. The van der Waals surface area contributed by atoms with Crippen LogP contribution < -0.4 is 5.73 Å². The van der Waals surface area contributed by atoms with Crippen molar-refractivity contribution < 1.29 is 14.6 Å². The van der Waals surface area contributed by atoms with Crippen molar-refractivity contribution in [1.82, 2.24) is 0 Å². The van der Waals surface area contributed by atoms with Gasteiger partial charge in [-0.1, -0.05) is 12.1 Å². The number of nitriles is 1. The van der Waals surface area contributed by atoms with Crippen molar-refractivity contribution in [3.8, 4) is 11.8 Å². The molecule has 1 aromatic rings. The minimum absolute atomic E-state index is 0.0215. The summed E-state index contributed by atoms with van der Waals surface area (Å²) in [6.45, 7) is -0.212. The molecule has 0 saturated heterocycles. The molecule has 0 saturated carbocycles. The van der Waals surface area contributed by atoms with Crippen LogP contribution in [-0.2, 0) is 11.3 Å². The highest BCUT2D eigenvalue weighted by Gasteiger charge is 2.14. The maximum absolute atomic E-state index is 11.3. The number of hydrogen-bond acceptors (Lipinski definition) is 5. The van der Waals surface area contributed by atoms with Gasteiger partial charge in [-0.15, -0.1) is 0 Å². The molecule has 0 amide bonds. The Morgan fingerprint density at radius 3 is 2.93 bits per heavy atom.